The molecule has 0 fully saturated rings. The molecule has 0 radical (unpaired) electrons. The highest BCUT2D eigenvalue weighted by Crippen LogP contribution is 2.31. The third kappa shape index (κ3) is 2.62. The van der Waals surface area contributed by atoms with E-state index < -0.39 is 0 Å². The van der Waals surface area contributed by atoms with Crippen molar-refractivity contribution < 1.29 is 4.74 Å². The predicted molar refractivity (Wildman–Crippen MR) is 104 cm³/mol. The molecule has 0 saturated heterocycles. The number of H-pyrrole nitrogens is 2. The van der Waals surface area contributed by atoms with Gasteiger partial charge in [0.15, 0.2) is 0 Å². The summed E-state index contributed by atoms with van der Waals surface area (Å²) in [4.78, 5) is 3.44. The average molecular weight is 339 g/mol. The average Bonchev–Trinajstić information content (AvgIpc) is 3.30. The molecule has 5 aromatic rings. The van der Waals surface area contributed by atoms with Crippen molar-refractivity contribution >= 4 is 21.8 Å². The van der Waals surface area contributed by atoms with Gasteiger partial charge in [0.25, 0.3) is 0 Å². The van der Waals surface area contributed by atoms with Gasteiger partial charge in [0.2, 0.25) is 0 Å². The van der Waals surface area contributed by atoms with Crippen molar-refractivity contribution in [1.29, 1.82) is 0 Å². The van der Waals surface area contributed by atoms with E-state index in [0.717, 1.165) is 39.1 Å². The molecule has 3 aromatic carbocycles. The van der Waals surface area contributed by atoms with Gasteiger partial charge in [0.1, 0.15) is 18.1 Å². The molecule has 0 aliphatic heterocycles. The number of fused-ring (bicyclic) bond motifs is 2. The summed E-state index contributed by atoms with van der Waals surface area (Å²) in [5.74, 6) is 0.833. The van der Waals surface area contributed by atoms with Crippen LogP contribution in [0.2, 0.25) is 0 Å². The first kappa shape index (κ1) is 14.8. The van der Waals surface area contributed by atoms with Crippen LogP contribution in [0.3, 0.4) is 0 Å². The number of hydrogen-bond acceptors (Lipinski definition) is 2. The first-order valence-electron chi connectivity index (χ1n) is 8.60. The molecule has 0 amide bonds. The number of hydrogen-bond donors (Lipinski definition) is 2. The zero-order valence-electron chi connectivity index (χ0n) is 14.1. The van der Waals surface area contributed by atoms with Crippen LogP contribution in [0.5, 0.6) is 5.75 Å². The highest BCUT2D eigenvalue weighted by atomic mass is 16.5. The number of nitrogens with one attached hydrogen (secondary N) is 2. The maximum Gasteiger partial charge on any atom is 0.120 e. The SMILES string of the molecule is c1ccc(COc2ccc3[nH]nc(-c4cc5ccccc5[nH]4)c3c2)cc1. The van der Waals surface area contributed by atoms with Gasteiger partial charge in [-0.05, 0) is 35.9 Å². The van der Waals surface area contributed by atoms with Gasteiger partial charge in [0, 0.05) is 16.3 Å². The molecular weight excluding hydrogens is 322 g/mol. The number of nitrogens with zero attached hydrogens (tertiary/aromatic N) is 1. The fourth-order valence-electron chi connectivity index (χ4n) is 3.23. The van der Waals surface area contributed by atoms with Gasteiger partial charge in [-0.2, -0.15) is 5.10 Å². The quantitative estimate of drug-likeness (QED) is 0.467. The summed E-state index contributed by atoms with van der Waals surface area (Å²) in [6.07, 6.45) is 0. The fraction of sp³-hybridized carbons (Fsp3) is 0.0455. The van der Waals surface area contributed by atoms with Crippen molar-refractivity contribution in [3.63, 3.8) is 0 Å². The Balaban J connectivity index is 1.50. The summed E-state index contributed by atoms with van der Waals surface area (Å²) in [7, 11) is 0. The van der Waals surface area contributed by atoms with E-state index in [4.69, 9.17) is 4.74 Å². The molecule has 0 bridgehead atoms. The van der Waals surface area contributed by atoms with Crippen molar-refractivity contribution in [2.45, 2.75) is 6.61 Å². The molecule has 0 aliphatic rings. The first-order chi connectivity index (χ1) is 12.9. The molecule has 4 nitrogen and oxygen atoms in total. The monoisotopic (exact) mass is 339 g/mol. The van der Waals surface area contributed by atoms with Crippen LogP contribution in [-0.2, 0) is 6.61 Å². The van der Waals surface area contributed by atoms with E-state index in [1.807, 2.05) is 48.5 Å². The van der Waals surface area contributed by atoms with Crippen LogP contribution in [0, 0.1) is 0 Å². The van der Waals surface area contributed by atoms with E-state index in [-0.39, 0.29) is 0 Å². The first-order valence-corrected chi connectivity index (χ1v) is 8.60. The summed E-state index contributed by atoms with van der Waals surface area (Å²) < 4.78 is 5.97. The maximum absolute atomic E-state index is 5.97. The normalized spacial score (nSPS) is 11.2. The molecule has 0 atom stereocenters. The number of ether oxygens (including phenoxy) is 1. The Kier molecular flexibility index (Phi) is 3.46. The van der Waals surface area contributed by atoms with E-state index in [1.165, 1.54) is 5.39 Å². The standard InChI is InChI=1S/C22H17N3O/c1-2-6-15(7-3-1)14-26-17-10-11-20-18(13-17)22(25-24-20)21-12-16-8-4-5-9-19(16)23-21/h1-13,23H,14H2,(H,24,25). The minimum absolute atomic E-state index is 0.548. The Labute approximate surface area is 150 Å². The van der Waals surface area contributed by atoms with Crippen molar-refractivity contribution in [3.05, 3.63) is 84.4 Å². The van der Waals surface area contributed by atoms with Gasteiger partial charge in [-0.1, -0.05) is 48.5 Å². The predicted octanol–water partition coefficient (Wildman–Crippen LogP) is 5.29. The maximum atomic E-state index is 5.97. The Morgan fingerprint density at radius 2 is 1.65 bits per heavy atom. The van der Waals surface area contributed by atoms with Gasteiger partial charge in [-0.15, -0.1) is 0 Å². The highest BCUT2D eigenvalue weighted by Gasteiger charge is 2.12. The van der Waals surface area contributed by atoms with E-state index in [0.29, 0.717) is 6.61 Å². The zero-order valence-corrected chi connectivity index (χ0v) is 14.1. The molecule has 0 saturated carbocycles. The van der Waals surface area contributed by atoms with Gasteiger partial charge < -0.3 is 9.72 Å². The molecule has 2 aromatic heterocycles. The lowest BCUT2D eigenvalue weighted by molar-refractivity contribution is 0.306. The summed E-state index contributed by atoms with van der Waals surface area (Å²) in [5.41, 5.74) is 5.15. The molecule has 2 heterocycles. The largest absolute Gasteiger partial charge is 0.489 e. The number of aromatic amines is 2. The lowest BCUT2D eigenvalue weighted by Crippen LogP contribution is -1.94. The van der Waals surface area contributed by atoms with E-state index in [1.54, 1.807) is 0 Å². The topological polar surface area (TPSA) is 53.7 Å². The molecule has 0 aliphatic carbocycles. The van der Waals surface area contributed by atoms with E-state index >= 15 is 0 Å². The van der Waals surface area contributed by atoms with Crippen LogP contribution in [0.15, 0.2) is 78.9 Å². The van der Waals surface area contributed by atoms with Crippen molar-refractivity contribution in [2.24, 2.45) is 0 Å². The molecule has 2 N–H and O–H groups in total. The van der Waals surface area contributed by atoms with E-state index in [2.05, 4.69) is 45.5 Å². The van der Waals surface area contributed by atoms with Crippen molar-refractivity contribution in [2.75, 3.05) is 0 Å². The summed E-state index contributed by atoms with van der Waals surface area (Å²) >= 11 is 0. The zero-order chi connectivity index (χ0) is 17.3. The Morgan fingerprint density at radius 3 is 2.54 bits per heavy atom. The Bertz CT molecular complexity index is 1150. The lowest BCUT2D eigenvalue weighted by atomic mass is 10.1. The Morgan fingerprint density at radius 1 is 0.808 bits per heavy atom. The molecule has 4 heteroatoms. The summed E-state index contributed by atoms with van der Waals surface area (Å²) in [6.45, 7) is 0.548. The minimum Gasteiger partial charge on any atom is -0.489 e. The molecule has 0 spiro atoms. The van der Waals surface area contributed by atoms with Crippen molar-refractivity contribution in [1.82, 2.24) is 15.2 Å². The second-order valence-electron chi connectivity index (χ2n) is 6.32. The van der Waals surface area contributed by atoms with Gasteiger partial charge in [0.05, 0.1) is 11.2 Å². The van der Waals surface area contributed by atoms with E-state index in [9.17, 15) is 0 Å². The van der Waals surface area contributed by atoms with Crippen LogP contribution in [0.1, 0.15) is 5.56 Å². The Hall–Kier alpha value is -3.53. The van der Waals surface area contributed by atoms with Gasteiger partial charge in [-0.25, -0.2) is 0 Å². The van der Waals surface area contributed by atoms with Crippen LogP contribution in [0.4, 0.5) is 0 Å². The van der Waals surface area contributed by atoms with Crippen LogP contribution in [0.25, 0.3) is 33.2 Å². The van der Waals surface area contributed by atoms with Crippen molar-refractivity contribution in [3.8, 4) is 17.1 Å². The number of rotatable bonds is 4. The molecular formula is C22H17N3O. The second-order valence-corrected chi connectivity index (χ2v) is 6.32. The third-order valence-corrected chi connectivity index (χ3v) is 4.57. The number of benzene rings is 3. The smallest absolute Gasteiger partial charge is 0.120 e. The molecule has 5 rings (SSSR count). The number of aromatic nitrogens is 3. The fourth-order valence-corrected chi connectivity index (χ4v) is 3.23. The summed E-state index contributed by atoms with van der Waals surface area (Å²) in [5, 5.41) is 9.83. The third-order valence-electron chi connectivity index (χ3n) is 4.57. The van der Waals surface area contributed by atoms with Gasteiger partial charge in [-0.3, -0.25) is 5.10 Å². The second kappa shape index (κ2) is 6.08. The molecule has 0 unspecified atom stereocenters. The highest BCUT2D eigenvalue weighted by molar-refractivity contribution is 5.96. The van der Waals surface area contributed by atoms with Crippen LogP contribution in [-0.4, -0.2) is 15.2 Å². The van der Waals surface area contributed by atoms with Gasteiger partial charge >= 0.3 is 0 Å². The summed E-state index contributed by atoms with van der Waals surface area (Å²) in [6, 6.07) is 26.6. The van der Waals surface area contributed by atoms with Crippen LogP contribution < -0.4 is 4.74 Å². The minimum atomic E-state index is 0.548. The molecule has 26 heavy (non-hydrogen) atoms. The lowest BCUT2D eigenvalue weighted by Gasteiger charge is -2.06. The number of para-hydroxylation sites is 1. The molecule has 126 valence electrons. The van der Waals surface area contributed by atoms with Crippen LogP contribution >= 0.6 is 0 Å².